The van der Waals surface area contributed by atoms with E-state index in [1.54, 1.807) is 0 Å². The van der Waals surface area contributed by atoms with E-state index in [0.717, 1.165) is 19.6 Å². The van der Waals surface area contributed by atoms with Crippen molar-refractivity contribution in [1.82, 2.24) is 4.90 Å². The summed E-state index contributed by atoms with van der Waals surface area (Å²) in [5, 5.41) is 0. The molecule has 64 valence electrons. The fourth-order valence-electron chi connectivity index (χ4n) is 1.02. The highest BCUT2D eigenvalue weighted by Gasteiger charge is 1.97. The van der Waals surface area contributed by atoms with E-state index in [4.69, 9.17) is 0 Å². The normalized spacial score (nSPS) is 11.3. The highest BCUT2D eigenvalue weighted by molar-refractivity contribution is 5.15. The van der Waals surface area contributed by atoms with Gasteiger partial charge in [0.15, 0.2) is 0 Å². The van der Waals surface area contributed by atoms with Crippen LogP contribution in [0.3, 0.4) is 0 Å². The maximum atomic E-state index is 3.95. The molecule has 0 bridgehead atoms. The number of allylic oxidation sites excluding steroid dienone is 1. The zero-order chi connectivity index (χ0) is 8.69. The molecule has 1 nitrogen and oxygen atoms in total. The van der Waals surface area contributed by atoms with Crippen LogP contribution in [-0.4, -0.2) is 24.5 Å². The quantitative estimate of drug-likeness (QED) is 0.548. The molecule has 0 aromatic heterocycles. The Bertz CT molecular complexity index is 132. The van der Waals surface area contributed by atoms with E-state index in [1.807, 2.05) is 13.0 Å². The highest BCUT2D eigenvalue weighted by atomic mass is 15.1. The Kier molecular flexibility index (Phi) is 5.86. The molecule has 0 fully saturated rings. The van der Waals surface area contributed by atoms with Gasteiger partial charge in [0, 0.05) is 6.54 Å². The molecule has 0 amide bonds. The van der Waals surface area contributed by atoms with Crippen LogP contribution in [0.25, 0.3) is 0 Å². The molecule has 0 N–H and O–H groups in total. The third-order valence-electron chi connectivity index (χ3n) is 1.72. The topological polar surface area (TPSA) is 3.24 Å². The number of nitrogens with zero attached hydrogens (tertiary/aromatic N) is 1. The second-order valence-corrected chi connectivity index (χ2v) is 2.62. The summed E-state index contributed by atoms with van der Waals surface area (Å²) in [5.74, 6) is 0. The summed E-state index contributed by atoms with van der Waals surface area (Å²) in [6.07, 6.45) is 4.10. The molecule has 0 aliphatic carbocycles. The van der Waals surface area contributed by atoms with Gasteiger partial charge >= 0.3 is 0 Å². The first-order valence-corrected chi connectivity index (χ1v) is 4.27. The van der Waals surface area contributed by atoms with E-state index in [9.17, 15) is 0 Å². The van der Waals surface area contributed by atoms with Crippen molar-refractivity contribution in [2.24, 2.45) is 0 Å². The Labute approximate surface area is 70.4 Å². The minimum absolute atomic E-state index is 0.997. The fourth-order valence-corrected chi connectivity index (χ4v) is 1.02. The number of likely N-dealkylation sites (N-methyl/N-ethyl adjacent to an activating group) is 1. The zero-order valence-electron chi connectivity index (χ0n) is 7.93. The Morgan fingerprint density at radius 1 is 1.36 bits per heavy atom. The van der Waals surface area contributed by atoms with Gasteiger partial charge in [-0.05, 0) is 25.6 Å². The molecule has 0 saturated heterocycles. The van der Waals surface area contributed by atoms with Crippen molar-refractivity contribution < 1.29 is 0 Å². The first kappa shape index (κ1) is 10.4. The smallest absolute Gasteiger partial charge is 0.0227 e. The van der Waals surface area contributed by atoms with Gasteiger partial charge in [-0.15, -0.1) is 0 Å². The Morgan fingerprint density at radius 3 is 2.27 bits per heavy atom. The summed E-state index contributed by atoms with van der Waals surface area (Å²) in [6, 6.07) is 0. The van der Waals surface area contributed by atoms with Crippen molar-refractivity contribution in [3.63, 3.8) is 0 Å². The minimum atomic E-state index is 0.997. The van der Waals surface area contributed by atoms with Crippen LogP contribution in [0.2, 0.25) is 0 Å². The lowest BCUT2D eigenvalue weighted by Gasteiger charge is -2.17. The minimum Gasteiger partial charge on any atom is -0.300 e. The van der Waals surface area contributed by atoms with Crippen molar-refractivity contribution in [1.29, 1.82) is 0 Å². The van der Waals surface area contributed by atoms with Gasteiger partial charge in [0.25, 0.3) is 0 Å². The number of hydrogen-bond acceptors (Lipinski definition) is 1. The summed E-state index contributed by atoms with van der Waals surface area (Å²) < 4.78 is 0. The third kappa shape index (κ3) is 4.79. The van der Waals surface area contributed by atoms with Gasteiger partial charge in [-0.3, -0.25) is 4.90 Å². The molecule has 0 spiro atoms. The van der Waals surface area contributed by atoms with Crippen LogP contribution in [0.15, 0.2) is 24.3 Å². The largest absolute Gasteiger partial charge is 0.300 e. The molecule has 1 heteroatoms. The van der Waals surface area contributed by atoms with Crippen molar-refractivity contribution in [2.45, 2.75) is 20.8 Å². The molecule has 0 aliphatic rings. The van der Waals surface area contributed by atoms with Crippen LogP contribution in [-0.2, 0) is 0 Å². The first-order chi connectivity index (χ1) is 5.24. The van der Waals surface area contributed by atoms with Crippen LogP contribution in [0.5, 0.6) is 0 Å². The van der Waals surface area contributed by atoms with Crippen molar-refractivity contribution in [2.75, 3.05) is 19.6 Å². The standard InChI is InChI=1S/C10H19N/c1-5-8-10(4)9-11(6-2)7-3/h5,8H,4,6-7,9H2,1-3H3/b8-5-. The van der Waals surface area contributed by atoms with Gasteiger partial charge in [0.1, 0.15) is 0 Å². The van der Waals surface area contributed by atoms with E-state index >= 15 is 0 Å². The van der Waals surface area contributed by atoms with E-state index in [2.05, 4.69) is 31.4 Å². The van der Waals surface area contributed by atoms with Gasteiger partial charge < -0.3 is 0 Å². The summed E-state index contributed by atoms with van der Waals surface area (Å²) in [4.78, 5) is 2.35. The zero-order valence-corrected chi connectivity index (χ0v) is 7.93. The van der Waals surface area contributed by atoms with E-state index in [1.165, 1.54) is 5.57 Å². The van der Waals surface area contributed by atoms with Gasteiger partial charge in [-0.25, -0.2) is 0 Å². The molecular weight excluding hydrogens is 134 g/mol. The maximum Gasteiger partial charge on any atom is 0.0227 e. The second kappa shape index (κ2) is 6.17. The molecule has 0 aromatic carbocycles. The molecular formula is C10H19N. The van der Waals surface area contributed by atoms with Crippen molar-refractivity contribution >= 4 is 0 Å². The van der Waals surface area contributed by atoms with Crippen molar-refractivity contribution in [3.05, 3.63) is 24.3 Å². The monoisotopic (exact) mass is 153 g/mol. The predicted octanol–water partition coefficient (Wildman–Crippen LogP) is 2.46. The molecule has 11 heavy (non-hydrogen) atoms. The van der Waals surface area contributed by atoms with E-state index < -0.39 is 0 Å². The van der Waals surface area contributed by atoms with Crippen LogP contribution in [0, 0.1) is 0 Å². The third-order valence-corrected chi connectivity index (χ3v) is 1.72. The van der Waals surface area contributed by atoms with Crippen LogP contribution in [0.4, 0.5) is 0 Å². The average Bonchev–Trinajstić information content (AvgIpc) is 2.01. The average molecular weight is 153 g/mol. The van der Waals surface area contributed by atoms with Crippen molar-refractivity contribution in [3.8, 4) is 0 Å². The molecule has 0 radical (unpaired) electrons. The van der Waals surface area contributed by atoms with E-state index in [-0.39, 0.29) is 0 Å². The van der Waals surface area contributed by atoms with Crippen LogP contribution < -0.4 is 0 Å². The van der Waals surface area contributed by atoms with Gasteiger partial charge in [0.05, 0.1) is 0 Å². The molecule has 0 aliphatic heterocycles. The second-order valence-electron chi connectivity index (χ2n) is 2.62. The lowest BCUT2D eigenvalue weighted by Crippen LogP contribution is -2.24. The fraction of sp³-hybridized carbons (Fsp3) is 0.600. The molecule has 0 heterocycles. The molecule has 0 rings (SSSR count). The van der Waals surface area contributed by atoms with Gasteiger partial charge in [-0.1, -0.05) is 32.6 Å². The van der Waals surface area contributed by atoms with Gasteiger partial charge in [-0.2, -0.15) is 0 Å². The summed E-state index contributed by atoms with van der Waals surface area (Å²) in [5.41, 5.74) is 1.19. The van der Waals surface area contributed by atoms with Gasteiger partial charge in [0.2, 0.25) is 0 Å². The molecule has 0 aromatic rings. The summed E-state index contributed by atoms with van der Waals surface area (Å²) >= 11 is 0. The number of hydrogen-bond donors (Lipinski definition) is 0. The van der Waals surface area contributed by atoms with Crippen LogP contribution in [0.1, 0.15) is 20.8 Å². The molecule has 0 saturated carbocycles. The van der Waals surface area contributed by atoms with E-state index in [0.29, 0.717) is 0 Å². The maximum absolute atomic E-state index is 3.95. The lowest BCUT2D eigenvalue weighted by molar-refractivity contribution is 0.332. The Balaban J connectivity index is 3.71. The molecule has 0 unspecified atom stereocenters. The Morgan fingerprint density at radius 2 is 1.91 bits per heavy atom. The summed E-state index contributed by atoms with van der Waals surface area (Å²) in [7, 11) is 0. The summed E-state index contributed by atoms with van der Waals surface area (Å²) in [6.45, 7) is 13.5. The molecule has 0 atom stereocenters. The SMILES string of the molecule is C=C(/C=C\C)CN(CC)CC. The lowest BCUT2D eigenvalue weighted by atomic mass is 10.2. The van der Waals surface area contributed by atoms with Crippen LogP contribution >= 0.6 is 0 Å². The number of rotatable bonds is 5. The predicted molar refractivity (Wildman–Crippen MR) is 51.7 cm³/mol. The highest BCUT2D eigenvalue weighted by Crippen LogP contribution is 1.97. The first-order valence-electron chi connectivity index (χ1n) is 4.27. The Hall–Kier alpha value is -0.560.